The summed E-state index contributed by atoms with van der Waals surface area (Å²) >= 11 is 0. The van der Waals surface area contributed by atoms with Gasteiger partial charge in [0.05, 0.1) is 18.3 Å². The molecule has 1 heterocycles. The minimum absolute atomic E-state index is 0.0865. The van der Waals surface area contributed by atoms with Crippen LogP contribution in [0.3, 0.4) is 0 Å². The Morgan fingerprint density at radius 2 is 2.04 bits per heavy atom. The Morgan fingerprint density at radius 3 is 2.77 bits per heavy atom. The smallest absolute Gasteiger partial charge is 0.265 e. The lowest BCUT2D eigenvalue weighted by Gasteiger charge is -2.29. The number of anilines is 1. The number of benzene rings is 2. The summed E-state index contributed by atoms with van der Waals surface area (Å²) in [6.07, 6.45) is 0.524. The molecule has 6 nitrogen and oxygen atoms in total. The van der Waals surface area contributed by atoms with E-state index in [0.29, 0.717) is 17.9 Å². The standard InChI is InChI=1S/C20H22N2O4/c1-14-7-8-18-17(9-14)22(20(25)13-26-18)11-19(24)21-16(12-23)10-15-5-3-2-4-6-15/h2-9,16,23H,10-13H2,1H3,(H,21,24)/t16-/m0/s1. The van der Waals surface area contributed by atoms with Crippen LogP contribution in [0.1, 0.15) is 11.1 Å². The van der Waals surface area contributed by atoms with Gasteiger partial charge in [0.2, 0.25) is 5.91 Å². The monoisotopic (exact) mass is 354 g/mol. The van der Waals surface area contributed by atoms with Crippen molar-refractivity contribution in [1.29, 1.82) is 0 Å². The molecule has 0 saturated carbocycles. The van der Waals surface area contributed by atoms with Crippen LogP contribution in [0.15, 0.2) is 48.5 Å². The minimum Gasteiger partial charge on any atom is -0.482 e. The third-order valence-corrected chi connectivity index (χ3v) is 4.27. The first-order valence-corrected chi connectivity index (χ1v) is 8.55. The Hall–Kier alpha value is -2.86. The molecule has 0 aromatic heterocycles. The lowest BCUT2D eigenvalue weighted by molar-refractivity contribution is -0.125. The fraction of sp³-hybridized carbons (Fsp3) is 0.300. The number of hydrogen-bond donors (Lipinski definition) is 2. The molecule has 2 amide bonds. The number of aliphatic hydroxyl groups excluding tert-OH is 1. The van der Waals surface area contributed by atoms with Crippen LogP contribution < -0.4 is 15.0 Å². The number of fused-ring (bicyclic) bond motifs is 1. The molecule has 0 aliphatic carbocycles. The Morgan fingerprint density at radius 1 is 1.27 bits per heavy atom. The molecule has 2 N–H and O–H groups in total. The van der Waals surface area contributed by atoms with Gasteiger partial charge < -0.3 is 15.2 Å². The van der Waals surface area contributed by atoms with Crippen LogP contribution in [0.2, 0.25) is 0 Å². The van der Waals surface area contributed by atoms with Crippen LogP contribution in [0.4, 0.5) is 5.69 Å². The Kier molecular flexibility index (Phi) is 5.53. The summed E-state index contributed by atoms with van der Waals surface area (Å²) in [6.45, 7) is 1.55. The predicted molar refractivity (Wildman–Crippen MR) is 98.2 cm³/mol. The van der Waals surface area contributed by atoms with Crippen LogP contribution in [0.5, 0.6) is 5.75 Å². The van der Waals surface area contributed by atoms with Gasteiger partial charge in [-0.3, -0.25) is 14.5 Å². The van der Waals surface area contributed by atoms with Gasteiger partial charge >= 0.3 is 0 Å². The summed E-state index contributed by atoms with van der Waals surface area (Å²) in [5, 5.41) is 12.4. The molecule has 0 bridgehead atoms. The molecule has 3 rings (SSSR count). The molecule has 0 radical (unpaired) electrons. The number of carbonyl (C=O) groups is 2. The molecule has 136 valence electrons. The molecular formula is C20H22N2O4. The van der Waals surface area contributed by atoms with Crippen molar-refractivity contribution >= 4 is 17.5 Å². The lowest BCUT2D eigenvalue weighted by atomic mass is 10.1. The van der Waals surface area contributed by atoms with Crippen LogP contribution in [-0.2, 0) is 16.0 Å². The van der Waals surface area contributed by atoms with Gasteiger partial charge in [0.25, 0.3) is 5.91 Å². The van der Waals surface area contributed by atoms with Crippen LogP contribution in [0.25, 0.3) is 0 Å². The summed E-state index contributed by atoms with van der Waals surface area (Å²) in [6, 6.07) is 14.8. The van der Waals surface area contributed by atoms with E-state index in [-0.39, 0.29) is 31.6 Å². The molecular weight excluding hydrogens is 332 g/mol. The zero-order chi connectivity index (χ0) is 18.5. The van der Waals surface area contributed by atoms with Gasteiger partial charge in [-0.05, 0) is 36.6 Å². The Bertz CT molecular complexity index is 792. The molecule has 0 fully saturated rings. The first-order valence-electron chi connectivity index (χ1n) is 8.55. The first kappa shape index (κ1) is 17.9. The number of nitrogens with one attached hydrogen (secondary N) is 1. The molecule has 2 aromatic rings. The van der Waals surface area contributed by atoms with Crippen molar-refractivity contribution in [2.24, 2.45) is 0 Å². The largest absolute Gasteiger partial charge is 0.482 e. The van der Waals surface area contributed by atoms with E-state index >= 15 is 0 Å². The molecule has 1 aliphatic rings. The molecule has 1 atom stereocenters. The first-order chi connectivity index (χ1) is 12.6. The third kappa shape index (κ3) is 4.21. The Labute approximate surface area is 152 Å². The van der Waals surface area contributed by atoms with Gasteiger partial charge in [-0.1, -0.05) is 36.4 Å². The van der Waals surface area contributed by atoms with Gasteiger partial charge in [-0.15, -0.1) is 0 Å². The molecule has 0 unspecified atom stereocenters. The average molecular weight is 354 g/mol. The van der Waals surface area contributed by atoms with E-state index < -0.39 is 6.04 Å². The summed E-state index contributed by atoms with van der Waals surface area (Å²) in [7, 11) is 0. The van der Waals surface area contributed by atoms with Gasteiger partial charge in [0.1, 0.15) is 12.3 Å². The number of ether oxygens (including phenoxy) is 1. The highest BCUT2D eigenvalue weighted by atomic mass is 16.5. The second-order valence-corrected chi connectivity index (χ2v) is 6.38. The maximum Gasteiger partial charge on any atom is 0.265 e. The van der Waals surface area contributed by atoms with Crippen molar-refractivity contribution in [2.75, 3.05) is 24.7 Å². The number of rotatable bonds is 6. The number of carbonyl (C=O) groups excluding carboxylic acids is 2. The maximum atomic E-state index is 12.5. The van der Waals surface area contributed by atoms with Crippen LogP contribution in [0, 0.1) is 6.92 Å². The highest BCUT2D eigenvalue weighted by Gasteiger charge is 2.28. The van der Waals surface area contributed by atoms with E-state index in [2.05, 4.69) is 5.32 Å². The summed E-state index contributed by atoms with van der Waals surface area (Å²) < 4.78 is 5.42. The second-order valence-electron chi connectivity index (χ2n) is 6.38. The number of hydrogen-bond acceptors (Lipinski definition) is 4. The number of aryl methyl sites for hydroxylation is 1. The summed E-state index contributed by atoms with van der Waals surface area (Å²) in [5.74, 6) is 0.00976. The SMILES string of the molecule is Cc1ccc2c(c1)N(CC(=O)N[C@H](CO)Cc1ccccc1)C(=O)CO2. The van der Waals surface area contributed by atoms with E-state index in [9.17, 15) is 14.7 Å². The molecule has 1 aliphatic heterocycles. The van der Waals surface area contributed by atoms with Gasteiger partial charge in [-0.25, -0.2) is 0 Å². The molecule has 2 aromatic carbocycles. The molecule has 0 spiro atoms. The van der Waals surface area contributed by atoms with Crippen LogP contribution >= 0.6 is 0 Å². The lowest BCUT2D eigenvalue weighted by Crippen LogP contribution is -2.48. The van der Waals surface area contributed by atoms with Crippen LogP contribution in [-0.4, -0.2) is 42.7 Å². The maximum absolute atomic E-state index is 12.5. The quantitative estimate of drug-likeness (QED) is 0.823. The fourth-order valence-corrected chi connectivity index (χ4v) is 2.96. The predicted octanol–water partition coefficient (Wildman–Crippen LogP) is 1.44. The molecule has 26 heavy (non-hydrogen) atoms. The van der Waals surface area contributed by atoms with Crippen molar-refractivity contribution in [3.8, 4) is 5.75 Å². The van der Waals surface area contributed by atoms with Crippen molar-refractivity contribution in [3.63, 3.8) is 0 Å². The van der Waals surface area contributed by atoms with E-state index in [4.69, 9.17) is 4.74 Å². The zero-order valence-electron chi connectivity index (χ0n) is 14.6. The molecule has 6 heteroatoms. The number of nitrogens with zero attached hydrogens (tertiary/aromatic N) is 1. The normalized spacial score (nSPS) is 14.4. The highest BCUT2D eigenvalue weighted by molar-refractivity contribution is 6.02. The zero-order valence-corrected chi connectivity index (χ0v) is 14.6. The number of amides is 2. The Balaban J connectivity index is 1.67. The van der Waals surface area contributed by atoms with E-state index in [1.807, 2.05) is 49.4 Å². The van der Waals surface area contributed by atoms with Crippen molar-refractivity contribution < 1.29 is 19.4 Å². The van der Waals surface area contributed by atoms with Gasteiger partial charge in [-0.2, -0.15) is 0 Å². The van der Waals surface area contributed by atoms with E-state index in [1.165, 1.54) is 4.90 Å². The van der Waals surface area contributed by atoms with E-state index in [1.54, 1.807) is 6.07 Å². The van der Waals surface area contributed by atoms with Crippen molar-refractivity contribution in [1.82, 2.24) is 5.32 Å². The third-order valence-electron chi connectivity index (χ3n) is 4.27. The molecule has 0 saturated heterocycles. The fourth-order valence-electron chi connectivity index (χ4n) is 2.96. The second kappa shape index (κ2) is 8.01. The summed E-state index contributed by atoms with van der Waals surface area (Å²) in [5.41, 5.74) is 2.60. The summed E-state index contributed by atoms with van der Waals surface area (Å²) in [4.78, 5) is 26.1. The van der Waals surface area contributed by atoms with Crippen molar-refractivity contribution in [3.05, 3.63) is 59.7 Å². The average Bonchev–Trinajstić information content (AvgIpc) is 2.64. The number of aliphatic hydroxyl groups is 1. The van der Waals surface area contributed by atoms with E-state index in [0.717, 1.165) is 11.1 Å². The highest BCUT2D eigenvalue weighted by Crippen LogP contribution is 2.32. The van der Waals surface area contributed by atoms with Crippen molar-refractivity contribution in [2.45, 2.75) is 19.4 Å². The van der Waals surface area contributed by atoms with Gasteiger partial charge in [0.15, 0.2) is 6.61 Å². The minimum atomic E-state index is -0.405. The van der Waals surface area contributed by atoms with Gasteiger partial charge in [0, 0.05) is 0 Å². The topological polar surface area (TPSA) is 78.9 Å².